The number of nitrogens with zero attached hydrogens (tertiary/aromatic N) is 1. The van der Waals surface area contributed by atoms with Crippen molar-refractivity contribution in [3.63, 3.8) is 0 Å². The summed E-state index contributed by atoms with van der Waals surface area (Å²) in [5, 5.41) is 11.6. The number of nitriles is 1. The van der Waals surface area contributed by atoms with Gasteiger partial charge in [0.15, 0.2) is 17.1 Å². The molecule has 0 radical (unpaired) electrons. The molecule has 0 spiro atoms. The number of ether oxygens (including phenoxy) is 2. The molecule has 0 unspecified atom stereocenters. The lowest BCUT2D eigenvalue weighted by Crippen LogP contribution is -2.08. The molecule has 1 N–H and O–H groups in total. The molecule has 0 fully saturated rings. The van der Waals surface area contributed by atoms with Crippen LogP contribution >= 0.6 is 0 Å². The van der Waals surface area contributed by atoms with Gasteiger partial charge in [0.1, 0.15) is 6.07 Å². The number of rotatable bonds is 6. The fourth-order valence-electron chi connectivity index (χ4n) is 1.44. The minimum absolute atomic E-state index is 0.0954. The molecule has 1 rings (SSSR count). The molecule has 1 aromatic rings. The Morgan fingerprint density at radius 2 is 2.24 bits per heavy atom. The Hall–Kier alpha value is -2.55. The second-order valence-corrected chi connectivity index (χ2v) is 4.35. The van der Waals surface area contributed by atoms with Crippen molar-refractivity contribution in [2.45, 2.75) is 26.9 Å². The van der Waals surface area contributed by atoms with E-state index in [1.807, 2.05) is 0 Å². The number of anilines is 1. The van der Waals surface area contributed by atoms with Crippen LogP contribution in [-0.2, 0) is 9.53 Å². The van der Waals surface area contributed by atoms with E-state index in [-0.39, 0.29) is 24.0 Å². The SMILES string of the molecule is CCOC(=O)/C(C#N)=C/Nc1ccc(F)c(OC(C)C)c1. The van der Waals surface area contributed by atoms with E-state index >= 15 is 0 Å². The fraction of sp³-hybridized carbons (Fsp3) is 0.333. The highest BCUT2D eigenvalue weighted by Crippen LogP contribution is 2.23. The van der Waals surface area contributed by atoms with E-state index < -0.39 is 11.8 Å². The van der Waals surface area contributed by atoms with Crippen molar-refractivity contribution >= 4 is 11.7 Å². The summed E-state index contributed by atoms with van der Waals surface area (Å²) < 4.78 is 23.6. The van der Waals surface area contributed by atoms with Crippen LogP contribution < -0.4 is 10.1 Å². The maximum absolute atomic E-state index is 13.5. The number of halogens is 1. The first-order valence-corrected chi connectivity index (χ1v) is 6.48. The first-order valence-electron chi connectivity index (χ1n) is 6.48. The molecule has 0 saturated carbocycles. The number of benzene rings is 1. The van der Waals surface area contributed by atoms with Crippen LogP contribution in [0.1, 0.15) is 20.8 Å². The van der Waals surface area contributed by atoms with Crippen molar-refractivity contribution in [1.82, 2.24) is 0 Å². The third-order valence-corrected chi connectivity index (χ3v) is 2.29. The van der Waals surface area contributed by atoms with Crippen LogP contribution in [-0.4, -0.2) is 18.7 Å². The summed E-state index contributed by atoms with van der Waals surface area (Å²) >= 11 is 0. The number of esters is 1. The van der Waals surface area contributed by atoms with Gasteiger partial charge >= 0.3 is 5.97 Å². The largest absolute Gasteiger partial charge is 0.488 e. The third kappa shape index (κ3) is 5.15. The molecule has 0 aromatic heterocycles. The minimum atomic E-state index is -0.715. The van der Waals surface area contributed by atoms with Gasteiger partial charge in [0.05, 0.1) is 12.7 Å². The molecule has 112 valence electrons. The highest BCUT2D eigenvalue weighted by molar-refractivity contribution is 5.93. The molecule has 0 heterocycles. The standard InChI is InChI=1S/C15H17FN2O3/c1-4-20-15(19)11(8-17)9-18-12-5-6-13(16)14(7-12)21-10(2)3/h5-7,9-10,18H,4H2,1-3H3/b11-9+. The Balaban J connectivity index is 2.88. The van der Waals surface area contributed by atoms with Gasteiger partial charge in [-0.2, -0.15) is 5.26 Å². The number of carbonyl (C=O) groups is 1. The number of hydrogen-bond donors (Lipinski definition) is 1. The Labute approximate surface area is 123 Å². The minimum Gasteiger partial charge on any atom is -0.488 e. The number of carbonyl (C=O) groups excluding carboxylic acids is 1. The van der Waals surface area contributed by atoms with Gasteiger partial charge in [-0.1, -0.05) is 0 Å². The maximum Gasteiger partial charge on any atom is 0.350 e. The molecule has 0 bridgehead atoms. The van der Waals surface area contributed by atoms with E-state index in [0.29, 0.717) is 5.69 Å². The molecule has 1 aromatic carbocycles. The Morgan fingerprint density at radius 1 is 1.52 bits per heavy atom. The second kappa shape index (κ2) is 7.90. The average Bonchev–Trinajstić information content (AvgIpc) is 2.42. The van der Waals surface area contributed by atoms with Crippen molar-refractivity contribution in [2.24, 2.45) is 0 Å². The highest BCUT2D eigenvalue weighted by atomic mass is 19.1. The third-order valence-electron chi connectivity index (χ3n) is 2.29. The predicted octanol–water partition coefficient (Wildman–Crippen LogP) is 3.00. The second-order valence-electron chi connectivity index (χ2n) is 4.35. The van der Waals surface area contributed by atoms with Gasteiger partial charge in [-0.05, 0) is 32.9 Å². The van der Waals surface area contributed by atoms with Gasteiger partial charge in [0.25, 0.3) is 0 Å². The smallest absolute Gasteiger partial charge is 0.350 e. The molecular formula is C15H17FN2O3. The molecule has 0 amide bonds. The molecule has 0 saturated heterocycles. The normalized spacial score (nSPS) is 11.0. The van der Waals surface area contributed by atoms with E-state index in [9.17, 15) is 9.18 Å². The quantitative estimate of drug-likeness (QED) is 0.496. The summed E-state index contributed by atoms with van der Waals surface area (Å²) in [6.07, 6.45) is 1.05. The molecule has 5 nitrogen and oxygen atoms in total. The maximum atomic E-state index is 13.5. The summed E-state index contributed by atoms with van der Waals surface area (Å²) in [6, 6.07) is 5.90. The van der Waals surface area contributed by atoms with E-state index in [0.717, 1.165) is 0 Å². The Morgan fingerprint density at radius 3 is 2.81 bits per heavy atom. The van der Waals surface area contributed by atoms with Crippen LogP contribution in [0.5, 0.6) is 5.75 Å². The van der Waals surface area contributed by atoms with E-state index in [1.165, 1.54) is 24.4 Å². The van der Waals surface area contributed by atoms with Crippen LogP contribution in [0.2, 0.25) is 0 Å². The molecule has 0 atom stereocenters. The zero-order valence-electron chi connectivity index (χ0n) is 12.1. The van der Waals surface area contributed by atoms with Gasteiger partial charge < -0.3 is 14.8 Å². The Kier molecular flexibility index (Phi) is 6.21. The van der Waals surface area contributed by atoms with Crippen molar-refractivity contribution in [3.8, 4) is 11.8 Å². The molecule has 21 heavy (non-hydrogen) atoms. The zero-order valence-corrected chi connectivity index (χ0v) is 12.1. The van der Waals surface area contributed by atoms with Gasteiger partial charge in [-0.3, -0.25) is 0 Å². The number of hydrogen-bond acceptors (Lipinski definition) is 5. The fourth-order valence-corrected chi connectivity index (χ4v) is 1.44. The first-order chi connectivity index (χ1) is 9.97. The summed E-state index contributed by atoms with van der Waals surface area (Å²) in [4.78, 5) is 11.4. The van der Waals surface area contributed by atoms with Gasteiger partial charge in [-0.25, -0.2) is 9.18 Å². The summed E-state index contributed by atoms with van der Waals surface area (Å²) in [7, 11) is 0. The topological polar surface area (TPSA) is 71.4 Å². The lowest BCUT2D eigenvalue weighted by atomic mass is 10.2. The van der Waals surface area contributed by atoms with Crippen LogP contribution in [0, 0.1) is 17.1 Å². The number of nitrogens with one attached hydrogen (secondary N) is 1. The lowest BCUT2D eigenvalue weighted by molar-refractivity contribution is -0.138. The predicted molar refractivity (Wildman–Crippen MR) is 76.1 cm³/mol. The molecule has 0 aliphatic carbocycles. The first kappa shape index (κ1) is 16.5. The summed E-state index contributed by atoms with van der Waals surface area (Å²) in [5.41, 5.74) is 0.316. The van der Waals surface area contributed by atoms with Crippen molar-refractivity contribution in [2.75, 3.05) is 11.9 Å². The average molecular weight is 292 g/mol. The molecule has 0 aliphatic heterocycles. The van der Waals surface area contributed by atoms with Crippen LogP contribution in [0.3, 0.4) is 0 Å². The van der Waals surface area contributed by atoms with Crippen LogP contribution in [0.25, 0.3) is 0 Å². The van der Waals surface area contributed by atoms with Gasteiger partial charge in [-0.15, -0.1) is 0 Å². The van der Waals surface area contributed by atoms with Crippen molar-refractivity contribution in [3.05, 3.63) is 35.8 Å². The molecule has 0 aliphatic rings. The van der Waals surface area contributed by atoms with Gasteiger partial charge in [0, 0.05) is 18.0 Å². The Bertz CT molecular complexity index is 577. The van der Waals surface area contributed by atoms with Gasteiger partial charge in [0.2, 0.25) is 0 Å². The van der Waals surface area contributed by atoms with Crippen molar-refractivity contribution < 1.29 is 18.7 Å². The molecular weight excluding hydrogens is 275 g/mol. The summed E-state index contributed by atoms with van der Waals surface area (Å²) in [5.74, 6) is -1.10. The zero-order chi connectivity index (χ0) is 15.8. The van der Waals surface area contributed by atoms with Crippen molar-refractivity contribution in [1.29, 1.82) is 5.26 Å². The highest BCUT2D eigenvalue weighted by Gasteiger charge is 2.10. The van der Waals surface area contributed by atoms with E-state index in [1.54, 1.807) is 26.8 Å². The summed E-state index contributed by atoms with van der Waals surface area (Å²) in [6.45, 7) is 5.40. The molecule has 6 heteroatoms. The van der Waals surface area contributed by atoms with E-state index in [2.05, 4.69) is 5.32 Å². The van der Waals surface area contributed by atoms with E-state index in [4.69, 9.17) is 14.7 Å². The monoisotopic (exact) mass is 292 g/mol. The van der Waals surface area contributed by atoms with Crippen LogP contribution in [0.15, 0.2) is 30.0 Å². The lowest BCUT2D eigenvalue weighted by Gasteiger charge is -2.12. The van der Waals surface area contributed by atoms with Crippen LogP contribution in [0.4, 0.5) is 10.1 Å².